The van der Waals surface area contributed by atoms with Gasteiger partial charge in [-0.15, -0.1) is 0 Å². The van der Waals surface area contributed by atoms with Crippen LogP contribution in [0.5, 0.6) is 0 Å². The average Bonchev–Trinajstić information content (AvgIpc) is 2.45. The van der Waals surface area contributed by atoms with Crippen molar-refractivity contribution in [2.45, 2.75) is 32.2 Å². The maximum atomic E-state index is 13.1. The van der Waals surface area contributed by atoms with Crippen LogP contribution in [0.3, 0.4) is 0 Å². The third-order valence-corrected chi connectivity index (χ3v) is 3.64. The Bertz CT molecular complexity index is 581. The molecule has 3 rings (SSSR count). The van der Waals surface area contributed by atoms with Gasteiger partial charge in [-0.2, -0.15) is 0 Å². The Hall–Kier alpha value is -1.90. The molecule has 1 N–H and O–H groups in total. The molecule has 0 unspecified atom stereocenters. The van der Waals surface area contributed by atoms with Gasteiger partial charge in [0.25, 0.3) is 0 Å². The Morgan fingerprint density at radius 1 is 1.16 bits per heavy atom. The fraction of sp³-hybridized carbons (Fsp3) is 0.312. The highest BCUT2D eigenvalue weighted by molar-refractivity contribution is 5.55. The molecule has 1 aromatic carbocycles. The summed E-state index contributed by atoms with van der Waals surface area (Å²) in [5, 5.41) is 3.41. The highest BCUT2D eigenvalue weighted by Gasteiger charge is 2.12. The van der Waals surface area contributed by atoms with Gasteiger partial charge in [-0.1, -0.05) is 12.1 Å². The number of rotatable bonds is 3. The second kappa shape index (κ2) is 5.39. The fourth-order valence-corrected chi connectivity index (χ4v) is 2.70. The topological polar surface area (TPSA) is 24.9 Å². The van der Waals surface area contributed by atoms with Crippen molar-refractivity contribution in [1.82, 2.24) is 4.98 Å². The molecule has 1 aliphatic carbocycles. The normalized spacial score (nSPS) is 13.9. The minimum absolute atomic E-state index is 0.283. The molecule has 2 aromatic rings. The van der Waals surface area contributed by atoms with Crippen LogP contribution in [0, 0.1) is 5.82 Å². The van der Waals surface area contributed by atoms with Crippen molar-refractivity contribution >= 4 is 5.69 Å². The zero-order chi connectivity index (χ0) is 13.1. The van der Waals surface area contributed by atoms with E-state index in [0.29, 0.717) is 6.54 Å². The first kappa shape index (κ1) is 12.2. The maximum absolute atomic E-state index is 13.1. The molecule has 0 aliphatic heterocycles. The van der Waals surface area contributed by atoms with E-state index >= 15 is 0 Å². The molecule has 0 radical (unpaired) electrons. The third-order valence-electron chi connectivity index (χ3n) is 3.64. The molecule has 0 atom stereocenters. The standard InChI is InChI=1S/C16H17FN2/c17-14-8-12(9-18-11-14)10-19-16-7-3-5-13-4-1-2-6-15(13)16/h3,5,7-9,11,19H,1-2,4,6,10H2. The van der Waals surface area contributed by atoms with Gasteiger partial charge in [-0.25, -0.2) is 4.39 Å². The molecular formula is C16H17FN2. The number of nitrogens with one attached hydrogen (secondary N) is 1. The first-order valence-electron chi connectivity index (χ1n) is 6.77. The van der Waals surface area contributed by atoms with E-state index in [1.54, 1.807) is 6.20 Å². The smallest absolute Gasteiger partial charge is 0.141 e. The molecule has 1 aromatic heterocycles. The quantitative estimate of drug-likeness (QED) is 0.905. The Morgan fingerprint density at radius 2 is 2.05 bits per heavy atom. The first-order valence-corrected chi connectivity index (χ1v) is 6.77. The predicted molar refractivity (Wildman–Crippen MR) is 74.6 cm³/mol. The number of hydrogen-bond acceptors (Lipinski definition) is 2. The number of fused-ring (bicyclic) bond motifs is 1. The van der Waals surface area contributed by atoms with E-state index in [4.69, 9.17) is 0 Å². The largest absolute Gasteiger partial charge is 0.381 e. The summed E-state index contributed by atoms with van der Waals surface area (Å²) in [5.41, 5.74) is 4.93. The molecule has 1 heterocycles. The number of halogens is 1. The van der Waals surface area contributed by atoms with Gasteiger partial charge in [0, 0.05) is 18.4 Å². The second-order valence-electron chi connectivity index (χ2n) is 5.02. The highest BCUT2D eigenvalue weighted by atomic mass is 19.1. The second-order valence-corrected chi connectivity index (χ2v) is 5.02. The number of benzene rings is 1. The van der Waals surface area contributed by atoms with Crippen molar-refractivity contribution in [3.05, 3.63) is 59.2 Å². The van der Waals surface area contributed by atoms with Crippen molar-refractivity contribution in [2.75, 3.05) is 5.32 Å². The van der Waals surface area contributed by atoms with Crippen molar-refractivity contribution in [3.63, 3.8) is 0 Å². The molecule has 0 spiro atoms. The average molecular weight is 256 g/mol. The SMILES string of the molecule is Fc1cncc(CNc2cccc3c2CCCC3)c1. The lowest BCUT2D eigenvalue weighted by Gasteiger charge is -2.20. The summed E-state index contributed by atoms with van der Waals surface area (Å²) in [4.78, 5) is 3.87. The molecule has 0 fully saturated rings. The van der Waals surface area contributed by atoms with Crippen molar-refractivity contribution in [2.24, 2.45) is 0 Å². The molecule has 0 saturated heterocycles. The molecule has 1 aliphatic rings. The van der Waals surface area contributed by atoms with Crippen molar-refractivity contribution in [1.29, 1.82) is 0 Å². The van der Waals surface area contributed by atoms with Gasteiger partial charge < -0.3 is 5.32 Å². The van der Waals surface area contributed by atoms with Crippen LogP contribution in [0.2, 0.25) is 0 Å². The molecule has 0 bridgehead atoms. The summed E-state index contributed by atoms with van der Waals surface area (Å²) in [6, 6.07) is 7.94. The minimum atomic E-state index is -0.283. The zero-order valence-electron chi connectivity index (χ0n) is 10.8. The number of nitrogens with zero attached hydrogens (tertiary/aromatic N) is 1. The van der Waals surface area contributed by atoms with Crippen molar-refractivity contribution < 1.29 is 4.39 Å². The van der Waals surface area contributed by atoms with Crippen LogP contribution >= 0.6 is 0 Å². The lowest BCUT2D eigenvalue weighted by molar-refractivity contribution is 0.619. The molecular weight excluding hydrogens is 239 g/mol. The van der Waals surface area contributed by atoms with Gasteiger partial charge in [0.05, 0.1) is 6.20 Å². The predicted octanol–water partition coefficient (Wildman–Crippen LogP) is 3.71. The number of aromatic nitrogens is 1. The number of aryl methyl sites for hydroxylation is 1. The number of anilines is 1. The molecule has 3 heteroatoms. The Balaban J connectivity index is 1.77. The van der Waals surface area contributed by atoms with E-state index in [1.165, 1.54) is 48.3 Å². The van der Waals surface area contributed by atoms with Gasteiger partial charge in [0.1, 0.15) is 5.82 Å². The fourth-order valence-electron chi connectivity index (χ4n) is 2.70. The lowest BCUT2D eigenvalue weighted by Crippen LogP contribution is -2.08. The van der Waals surface area contributed by atoms with Crippen LogP contribution < -0.4 is 5.32 Å². The van der Waals surface area contributed by atoms with E-state index in [-0.39, 0.29) is 5.82 Å². The lowest BCUT2D eigenvalue weighted by atomic mass is 9.90. The van der Waals surface area contributed by atoms with E-state index in [0.717, 1.165) is 12.0 Å². The summed E-state index contributed by atoms with van der Waals surface area (Å²) in [5.74, 6) is -0.283. The molecule has 98 valence electrons. The Labute approximate surface area is 112 Å². The minimum Gasteiger partial charge on any atom is -0.381 e. The van der Waals surface area contributed by atoms with E-state index < -0.39 is 0 Å². The molecule has 2 nitrogen and oxygen atoms in total. The van der Waals surface area contributed by atoms with Crippen molar-refractivity contribution in [3.8, 4) is 0 Å². The van der Waals surface area contributed by atoms with E-state index in [9.17, 15) is 4.39 Å². The Morgan fingerprint density at radius 3 is 2.95 bits per heavy atom. The van der Waals surface area contributed by atoms with Crippen LogP contribution in [0.4, 0.5) is 10.1 Å². The van der Waals surface area contributed by atoms with E-state index in [1.807, 2.05) is 0 Å². The summed E-state index contributed by atoms with van der Waals surface area (Å²) in [7, 11) is 0. The van der Waals surface area contributed by atoms with Crippen LogP contribution in [0.1, 0.15) is 29.5 Å². The van der Waals surface area contributed by atoms with Gasteiger partial charge >= 0.3 is 0 Å². The van der Waals surface area contributed by atoms with Crippen LogP contribution in [-0.2, 0) is 19.4 Å². The summed E-state index contributed by atoms with van der Waals surface area (Å²) >= 11 is 0. The van der Waals surface area contributed by atoms with Crippen LogP contribution in [-0.4, -0.2) is 4.98 Å². The number of pyridine rings is 1. The highest BCUT2D eigenvalue weighted by Crippen LogP contribution is 2.28. The summed E-state index contributed by atoms with van der Waals surface area (Å²) in [6.07, 6.45) is 7.78. The Kier molecular flexibility index (Phi) is 3.45. The zero-order valence-corrected chi connectivity index (χ0v) is 10.8. The monoisotopic (exact) mass is 256 g/mol. The first-order chi connectivity index (χ1) is 9.33. The van der Waals surface area contributed by atoms with Gasteiger partial charge in [-0.05, 0) is 54.5 Å². The van der Waals surface area contributed by atoms with Gasteiger partial charge in [0.2, 0.25) is 0 Å². The number of hydrogen-bond donors (Lipinski definition) is 1. The summed E-state index contributed by atoms with van der Waals surface area (Å²) in [6.45, 7) is 0.612. The van der Waals surface area contributed by atoms with Crippen LogP contribution in [0.25, 0.3) is 0 Å². The van der Waals surface area contributed by atoms with Gasteiger partial charge in [-0.3, -0.25) is 4.98 Å². The van der Waals surface area contributed by atoms with E-state index in [2.05, 4.69) is 28.5 Å². The third kappa shape index (κ3) is 2.75. The molecule has 0 saturated carbocycles. The van der Waals surface area contributed by atoms with Crippen LogP contribution in [0.15, 0.2) is 36.7 Å². The molecule has 19 heavy (non-hydrogen) atoms. The van der Waals surface area contributed by atoms with Gasteiger partial charge in [0.15, 0.2) is 0 Å². The summed E-state index contributed by atoms with van der Waals surface area (Å²) < 4.78 is 13.1. The molecule has 0 amide bonds. The maximum Gasteiger partial charge on any atom is 0.141 e.